The molecule has 2 aromatic rings. The third-order valence-electron chi connectivity index (χ3n) is 3.21. The van der Waals surface area contributed by atoms with E-state index in [1.165, 1.54) is 0 Å². The summed E-state index contributed by atoms with van der Waals surface area (Å²) in [4.78, 5) is 0. The smallest absolute Gasteiger partial charge is 0.115 e. The Morgan fingerprint density at radius 1 is 0.833 bits per heavy atom. The van der Waals surface area contributed by atoms with Crippen LogP contribution in [0.2, 0.25) is 0 Å². The van der Waals surface area contributed by atoms with E-state index in [0.717, 1.165) is 22.3 Å². The van der Waals surface area contributed by atoms with Gasteiger partial charge >= 0.3 is 0 Å². The van der Waals surface area contributed by atoms with Crippen LogP contribution >= 0.6 is 0 Å². The molecule has 2 nitrogen and oxygen atoms in total. The molecule has 0 aliphatic heterocycles. The van der Waals surface area contributed by atoms with E-state index >= 15 is 0 Å². The molecule has 18 heavy (non-hydrogen) atoms. The molecule has 0 radical (unpaired) electrons. The second-order valence-corrected chi connectivity index (χ2v) is 5.00. The van der Waals surface area contributed by atoms with Gasteiger partial charge in [0.2, 0.25) is 0 Å². The van der Waals surface area contributed by atoms with Crippen molar-refractivity contribution in [2.45, 2.75) is 26.4 Å². The number of aromatic hydroxyl groups is 1. The van der Waals surface area contributed by atoms with Crippen LogP contribution in [0.1, 0.15) is 29.2 Å². The Balaban J connectivity index is 2.49. The first-order valence-corrected chi connectivity index (χ1v) is 6.00. The summed E-state index contributed by atoms with van der Waals surface area (Å²) in [5.74, 6) is 0.204. The summed E-state index contributed by atoms with van der Waals surface area (Å²) in [5.41, 5.74) is 2.84. The maximum Gasteiger partial charge on any atom is 0.115 e. The minimum atomic E-state index is -1.05. The second kappa shape index (κ2) is 4.46. The van der Waals surface area contributed by atoms with Gasteiger partial charge in [-0.1, -0.05) is 41.5 Å². The molecule has 0 saturated heterocycles. The van der Waals surface area contributed by atoms with Crippen molar-refractivity contribution in [1.82, 2.24) is 0 Å². The number of phenols is 1. The lowest BCUT2D eigenvalue weighted by Crippen LogP contribution is -2.22. The Hall–Kier alpha value is -1.80. The predicted molar refractivity (Wildman–Crippen MR) is 72.7 cm³/mol. The van der Waals surface area contributed by atoms with E-state index in [4.69, 9.17) is 0 Å². The quantitative estimate of drug-likeness (QED) is 0.848. The average Bonchev–Trinajstić information content (AvgIpc) is 2.28. The lowest BCUT2D eigenvalue weighted by Gasteiger charge is -2.25. The van der Waals surface area contributed by atoms with Crippen molar-refractivity contribution in [2.24, 2.45) is 0 Å². The average molecular weight is 242 g/mol. The van der Waals surface area contributed by atoms with E-state index in [-0.39, 0.29) is 5.75 Å². The number of benzene rings is 2. The molecule has 0 amide bonds. The van der Waals surface area contributed by atoms with Gasteiger partial charge in [-0.25, -0.2) is 0 Å². The van der Waals surface area contributed by atoms with E-state index in [1.54, 1.807) is 31.2 Å². The Labute approximate surface area is 108 Å². The van der Waals surface area contributed by atoms with Crippen molar-refractivity contribution >= 4 is 0 Å². The lowest BCUT2D eigenvalue weighted by atomic mass is 9.86. The number of aliphatic hydroxyl groups is 1. The highest BCUT2D eigenvalue weighted by atomic mass is 16.3. The molecule has 0 fully saturated rings. The number of aryl methyl sites for hydroxylation is 2. The van der Waals surface area contributed by atoms with Gasteiger partial charge in [-0.3, -0.25) is 0 Å². The van der Waals surface area contributed by atoms with Crippen molar-refractivity contribution in [3.05, 3.63) is 64.7 Å². The molecule has 2 heteroatoms. The first-order valence-electron chi connectivity index (χ1n) is 6.00. The second-order valence-electron chi connectivity index (χ2n) is 5.00. The standard InChI is InChI=1S/C16H18O2/c1-11-8-12(2)10-14(9-11)16(3,18)13-4-6-15(17)7-5-13/h4-10,17-18H,1-3H3. The van der Waals surface area contributed by atoms with Crippen LogP contribution in [0.5, 0.6) is 5.75 Å². The molecular weight excluding hydrogens is 224 g/mol. The summed E-state index contributed by atoms with van der Waals surface area (Å²) in [6, 6.07) is 12.7. The molecule has 0 spiro atoms. The van der Waals surface area contributed by atoms with Crippen molar-refractivity contribution in [1.29, 1.82) is 0 Å². The highest BCUT2D eigenvalue weighted by molar-refractivity contribution is 5.40. The number of hydrogen-bond acceptors (Lipinski definition) is 2. The summed E-state index contributed by atoms with van der Waals surface area (Å²) in [5, 5.41) is 20.0. The Kier molecular flexibility index (Phi) is 3.14. The molecular formula is C16H18O2. The zero-order chi connectivity index (χ0) is 13.3. The predicted octanol–water partition coefficient (Wildman–Crippen LogP) is 3.26. The van der Waals surface area contributed by atoms with Crippen LogP contribution < -0.4 is 0 Å². The molecule has 94 valence electrons. The van der Waals surface area contributed by atoms with Gasteiger partial charge in [-0.15, -0.1) is 0 Å². The fraction of sp³-hybridized carbons (Fsp3) is 0.250. The summed E-state index contributed by atoms with van der Waals surface area (Å²) >= 11 is 0. The van der Waals surface area contributed by atoms with Crippen LogP contribution in [0.15, 0.2) is 42.5 Å². The molecule has 2 N–H and O–H groups in total. The molecule has 0 aliphatic carbocycles. The van der Waals surface area contributed by atoms with Gasteiger partial charge in [0.05, 0.1) is 0 Å². The van der Waals surface area contributed by atoms with Crippen molar-refractivity contribution in [3.8, 4) is 5.75 Å². The SMILES string of the molecule is Cc1cc(C)cc(C(C)(O)c2ccc(O)cc2)c1. The molecule has 0 saturated carbocycles. The largest absolute Gasteiger partial charge is 0.508 e. The molecule has 0 aromatic heterocycles. The molecule has 0 bridgehead atoms. The minimum absolute atomic E-state index is 0.204. The highest BCUT2D eigenvalue weighted by Crippen LogP contribution is 2.31. The van der Waals surface area contributed by atoms with Crippen LogP contribution in [-0.2, 0) is 5.60 Å². The first kappa shape index (κ1) is 12.7. The first-order chi connectivity index (χ1) is 8.39. The summed E-state index contributed by atoms with van der Waals surface area (Å²) in [6.07, 6.45) is 0. The van der Waals surface area contributed by atoms with Crippen LogP contribution in [-0.4, -0.2) is 10.2 Å². The third-order valence-corrected chi connectivity index (χ3v) is 3.21. The van der Waals surface area contributed by atoms with E-state index in [1.807, 2.05) is 26.0 Å². The van der Waals surface area contributed by atoms with Gasteiger partial charge < -0.3 is 10.2 Å². The van der Waals surface area contributed by atoms with E-state index in [0.29, 0.717) is 0 Å². The van der Waals surface area contributed by atoms with Gasteiger partial charge in [0.1, 0.15) is 11.4 Å². The number of rotatable bonds is 2. The van der Waals surface area contributed by atoms with Crippen LogP contribution in [0.4, 0.5) is 0 Å². The Morgan fingerprint density at radius 3 is 1.83 bits per heavy atom. The van der Waals surface area contributed by atoms with Gasteiger partial charge in [-0.05, 0) is 44.0 Å². The van der Waals surface area contributed by atoms with E-state index in [2.05, 4.69) is 6.07 Å². The summed E-state index contributed by atoms with van der Waals surface area (Å²) < 4.78 is 0. The van der Waals surface area contributed by atoms with Crippen LogP contribution in [0.3, 0.4) is 0 Å². The molecule has 0 heterocycles. The van der Waals surface area contributed by atoms with Crippen LogP contribution in [0.25, 0.3) is 0 Å². The minimum Gasteiger partial charge on any atom is -0.508 e. The lowest BCUT2D eigenvalue weighted by molar-refractivity contribution is 0.102. The number of phenolic OH excluding ortho intramolecular Hbond substituents is 1. The van der Waals surface area contributed by atoms with Gasteiger partial charge in [0.25, 0.3) is 0 Å². The molecule has 1 atom stereocenters. The summed E-state index contributed by atoms with van der Waals surface area (Å²) in [7, 11) is 0. The van der Waals surface area contributed by atoms with E-state index in [9.17, 15) is 10.2 Å². The van der Waals surface area contributed by atoms with Crippen molar-refractivity contribution in [3.63, 3.8) is 0 Å². The van der Waals surface area contributed by atoms with Gasteiger partial charge in [0.15, 0.2) is 0 Å². The normalized spacial score (nSPS) is 14.2. The molecule has 2 rings (SSSR count). The van der Waals surface area contributed by atoms with E-state index < -0.39 is 5.60 Å². The monoisotopic (exact) mass is 242 g/mol. The highest BCUT2D eigenvalue weighted by Gasteiger charge is 2.25. The van der Waals surface area contributed by atoms with Crippen molar-refractivity contribution in [2.75, 3.05) is 0 Å². The van der Waals surface area contributed by atoms with Gasteiger partial charge in [0, 0.05) is 0 Å². The van der Waals surface area contributed by atoms with Gasteiger partial charge in [-0.2, -0.15) is 0 Å². The molecule has 1 unspecified atom stereocenters. The summed E-state index contributed by atoms with van der Waals surface area (Å²) in [6.45, 7) is 5.81. The number of hydrogen-bond donors (Lipinski definition) is 2. The third kappa shape index (κ3) is 2.39. The zero-order valence-corrected chi connectivity index (χ0v) is 10.9. The van der Waals surface area contributed by atoms with Crippen LogP contribution in [0, 0.1) is 13.8 Å². The molecule has 2 aromatic carbocycles. The maximum atomic E-state index is 10.7. The zero-order valence-electron chi connectivity index (χ0n) is 10.9. The fourth-order valence-corrected chi connectivity index (χ4v) is 2.21. The topological polar surface area (TPSA) is 40.5 Å². The Bertz CT molecular complexity index is 534. The fourth-order valence-electron chi connectivity index (χ4n) is 2.21. The molecule has 0 aliphatic rings. The maximum absolute atomic E-state index is 10.7. The Morgan fingerprint density at radius 2 is 1.33 bits per heavy atom. The van der Waals surface area contributed by atoms with Crippen molar-refractivity contribution < 1.29 is 10.2 Å².